The van der Waals surface area contributed by atoms with Crippen LogP contribution in [0, 0.1) is 24.0 Å². The molecule has 0 aliphatic carbocycles. The minimum Gasteiger partial charge on any atom is -0.495 e. The van der Waals surface area contributed by atoms with Crippen molar-refractivity contribution in [3.05, 3.63) is 81.5 Å². The van der Waals surface area contributed by atoms with Gasteiger partial charge in [0.05, 0.1) is 23.3 Å². The smallest absolute Gasteiger partial charge is 0.271 e. The largest absolute Gasteiger partial charge is 0.495 e. The van der Waals surface area contributed by atoms with E-state index in [9.17, 15) is 14.9 Å². The summed E-state index contributed by atoms with van der Waals surface area (Å²) in [6, 6.07) is 13.4. The SMILES string of the molecule is COc1ccc([N+](=O)[O-])cc1NC(=O)c1cccnc1Sc1ccc(C)cc1C. The van der Waals surface area contributed by atoms with Gasteiger partial charge in [-0.25, -0.2) is 4.98 Å². The molecule has 0 saturated heterocycles. The van der Waals surface area contributed by atoms with Crippen LogP contribution < -0.4 is 10.1 Å². The zero-order valence-corrected chi connectivity index (χ0v) is 16.9. The summed E-state index contributed by atoms with van der Waals surface area (Å²) in [7, 11) is 1.43. The summed E-state index contributed by atoms with van der Waals surface area (Å²) in [6.07, 6.45) is 1.62. The number of carbonyl (C=O) groups is 1. The Balaban J connectivity index is 1.91. The van der Waals surface area contributed by atoms with Crippen LogP contribution in [0.2, 0.25) is 0 Å². The summed E-state index contributed by atoms with van der Waals surface area (Å²) in [6.45, 7) is 4.03. The molecule has 1 aromatic heterocycles. The number of carbonyl (C=O) groups excluding carboxylic acids is 1. The summed E-state index contributed by atoms with van der Waals surface area (Å²) in [4.78, 5) is 28.8. The van der Waals surface area contributed by atoms with Gasteiger partial charge in [0.2, 0.25) is 0 Å². The van der Waals surface area contributed by atoms with Crippen molar-refractivity contribution in [3.63, 3.8) is 0 Å². The number of methoxy groups -OCH3 is 1. The zero-order valence-electron chi connectivity index (χ0n) is 16.1. The highest BCUT2D eigenvalue weighted by atomic mass is 32.2. The molecule has 0 radical (unpaired) electrons. The van der Waals surface area contributed by atoms with Crippen LogP contribution in [0.15, 0.2) is 64.6 Å². The van der Waals surface area contributed by atoms with Crippen molar-refractivity contribution in [2.75, 3.05) is 12.4 Å². The van der Waals surface area contributed by atoms with Gasteiger partial charge in [-0.1, -0.05) is 29.5 Å². The summed E-state index contributed by atoms with van der Waals surface area (Å²) in [5.41, 5.74) is 2.69. The van der Waals surface area contributed by atoms with Crippen LogP contribution in [0.25, 0.3) is 0 Å². The molecule has 8 heteroatoms. The lowest BCUT2D eigenvalue weighted by Gasteiger charge is -2.12. The molecule has 7 nitrogen and oxygen atoms in total. The summed E-state index contributed by atoms with van der Waals surface area (Å²) < 4.78 is 5.21. The van der Waals surface area contributed by atoms with Crippen molar-refractivity contribution < 1.29 is 14.5 Å². The molecule has 3 rings (SSSR count). The van der Waals surface area contributed by atoms with Crippen LogP contribution in [-0.4, -0.2) is 22.9 Å². The molecular weight excluding hydrogens is 390 g/mol. The highest BCUT2D eigenvalue weighted by Gasteiger charge is 2.18. The molecule has 0 aliphatic heterocycles. The lowest BCUT2D eigenvalue weighted by Crippen LogP contribution is -2.14. The van der Waals surface area contributed by atoms with Crippen molar-refractivity contribution in [2.45, 2.75) is 23.8 Å². The van der Waals surface area contributed by atoms with Crippen LogP contribution in [0.5, 0.6) is 5.75 Å². The Morgan fingerprint density at radius 2 is 1.97 bits per heavy atom. The number of aromatic nitrogens is 1. The number of amides is 1. The quantitative estimate of drug-likeness (QED) is 0.454. The fourth-order valence-corrected chi connectivity index (χ4v) is 3.71. The predicted octanol–water partition coefficient (Wildman–Crippen LogP) is 5.02. The average Bonchev–Trinajstić information content (AvgIpc) is 2.70. The maximum absolute atomic E-state index is 12.9. The zero-order chi connectivity index (χ0) is 21.0. The van der Waals surface area contributed by atoms with Gasteiger partial charge in [-0.05, 0) is 43.7 Å². The first-order valence-corrected chi connectivity index (χ1v) is 9.54. The normalized spacial score (nSPS) is 10.4. The van der Waals surface area contributed by atoms with Gasteiger partial charge in [-0.15, -0.1) is 0 Å². The van der Waals surface area contributed by atoms with Gasteiger partial charge in [0.15, 0.2) is 0 Å². The number of nitrogens with zero attached hydrogens (tertiary/aromatic N) is 2. The molecule has 29 heavy (non-hydrogen) atoms. The summed E-state index contributed by atoms with van der Waals surface area (Å²) in [5, 5.41) is 14.3. The van der Waals surface area contributed by atoms with E-state index < -0.39 is 10.8 Å². The van der Waals surface area contributed by atoms with Gasteiger partial charge < -0.3 is 10.1 Å². The highest BCUT2D eigenvalue weighted by Crippen LogP contribution is 2.33. The van der Waals surface area contributed by atoms with E-state index in [1.165, 1.54) is 37.1 Å². The number of hydrogen-bond acceptors (Lipinski definition) is 6. The van der Waals surface area contributed by atoms with E-state index in [4.69, 9.17) is 4.74 Å². The molecule has 0 fully saturated rings. The van der Waals surface area contributed by atoms with Gasteiger partial charge in [0.1, 0.15) is 10.8 Å². The molecular formula is C21H19N3O4S. The summed E-state index contributed by atoms with van der Waals surface area (Å²) >= 11 is 1.40. The topological polar surface area (TPSA) is 94.4 Å². The highest BCUT2D eigenvalue weighted by molar-refractivity contribution is 7.99. The summed E-state index contributed by atoms with van der Waals surface area (Å²) in [5.74, 6) is -0.0967. The number of nitrogens with one attached hydrogen (secondary N) is 1. The van der Waals surface area contributed by atoms with Gasteiger partial charge in [0.25, 0.3) is 11.6 Å². The van der Waals surface area contributed by atoms with Gasteiger partial charge in [-0.2, -0.15) is 0 Å². The van der Waals surface area contributed by atoms with E-state index >= 15 is 0 Å². The molecule has 1 amide bonds. The van der Waals surface area contributed by atoms with Crippen LogP contribution in [0.3, 0.4) is 0 Å². The van der Waals surface area contributed by atoms with Gasteiger partial charge >= 0.3 is 0 Å². The van der Waals surface area contributed by atoms with Crippen LogP contribution in [0.1, 0.15) is 21.5 Å². The van der Waals surface area contributed by atoms with Crippen molar-refractivity contribution in [2.24, 2.45) is 0 Å². The Hall–Kier alpha value is -3.39. The molecule has 0 spiro atoms. The molecule has 148 valence electrons. The first-order chi connectivity index (χ1) is 13.9. The Labute approximate surface area is 172 Å². The fraction of sp³-hybridized carbons (Fsp3) is 0.143. The molecule has 1 N–H and O–H groups in total. The Bertz CT molecular complexity index is 1090. The number of benzene rings is 2. The fourth-order valence-electron chi connectivity index (χ4n) is 2.76. The lowest BCUT2D eigenvalue weighted by molar-refractivity contribution is -0.384. The first kappa shape index (κ1) is 20.3. The number of hydrogen-bond donors (Lipinski definition) is 1. The number of ether oxygens (including phenoxy) is 1. The second-order valence-corrected chi connectivity index (χ2v) is 7.35. The number of nitro groups is 1. The number of pyridine rings is 1. The third kappa shape index (κ3) is 4.72. The number of anilines is 1. The van der Waals surface area contributed by atoms with Gasteiger partial charge in [-0.3, -0.25) is 14.9 Å². The van der Waals surface area contributed by atoms with E-state index in [2.05, 4.69) is 16.4 Å². The maximum Gasteiger partial charge on any atom is 0.271 e. The minimum atomic E-state index is -0.527. The van der Waals surface area contributed by atoms with Crippen LogP contribution in [-0.2, 0) is 0 Å². The van der Waals surface area contributed by atoms with E-state index in [0.29, 0.717) is 16.3 Å². The monoisotopic (exact) mass is 409 g/mol. The molecule has 0 atom stereocenters. The second-order valence-electron chi connectivity index (χ2n) is 6.32. The Morgan fingerprint density at radius 3 is 2.66 bits per heavy atom. The van der Waals surface area contributed by atoms with E-state index in [1.54, 1.807) is 18.3 Å². The van der Waals surface area contributed by atoms with Crippen LogP contribution in [0.4, 0.5) is 11.4 Å². The Morgan fingerprint density at radius 1 is 1.17 bits per heavy atom. The third-order valence-corrected chi connectivity index (χ3v) is 5.39. The minimum absolute atomic E-state index is 0.142. The van der Waals surface area contributed by atoms with Gasteiger partial charge in [0, 0.05) is 23.2 Å². The third-order valence-electron chi connectivity index (χ3n) is 4.19. The predicted molar refractivity (Wildman–Crippen MR) is 112 cm³/mol. The van der Waals surface area contributed by atoms with E-state index in [1.807, 2.05) is 26.0 Å². The second kappa shape index (κ2) is 8.74. The van der Waals surface area contributed by atoms with E-state index in [0.717, 1.165) is 16.0 Å². The van der Waals surface area contributed by atoms with Crippen molar-refractivity contribution in [1.82, 2.24) is 4.98 Å². The molecule has 0 saturated carbocycles. The molecule has 1 heterocycles. The average molecular weight is 409 g/mol. The lowest BCUT2D eigenvalue weighted by atomic mass is 10.2. The number of non-ortho nitro benzene ring substituents is 1. The molecule has 0 unspecified atom stereocenters. The molecule has 0 aliphatic rings. The van der Waals surface area contributed by atoms with Crippen LogP contribution >= 0.6 is 11.8 Å². The molecule has 2 aromatic carbocycles. The Kier molecular flexibility index (Phi) is 6.13. The van der Waals surface area contributed by atoms with Crippen molar-refractivity contribution >= 4 is 29.0 Å². The first-order valence-electron chi connectivity index (χ1n) is 8.73. The molecule has 3 aromatic rings. The maximum atomic E-state index is 12.9. The number of rotatable bonds is 6. The molecule has 0 bridgehead atoms. The van der Waals surface area contributed by atoms with Crippen molar-refractivity contribution in [1.29, 1.82) is 0 Å². The van der Waals surface area contributed by atoms with Crippen molar-refractivity contribution in [3.8, 4) is 5.75 Å². The number of nitro benzene ring substituents is 1. The van der Waals surface area contributed by atoms with E-state index in [-0.39, 0.29) is 11.4 Å². The number of aryl methyl sites for hydroxylation is 2. The standard InChI is InChI=1S/C21H19N3O4S/c1-13-6-9-19(14(2)11-13)29-21-16(5-4-10-22-21)20(25)23-17-12-15(24(26)27)7-8-18(17)28-3/h4-12H,1-3H3,(H,23,25).